The van der Waals surface area contributed by atoms with Gasteiger partial charge in [0.25, 0.3) is 0 Å². The van der Waals surface area contributed by atoms with E-state index in [0.29, 0.717) is 0 Å². The summed E-state index contributed by atoms with van der Waals surface area (Å²) in [7, 11) is 0. The summed E-state index contributed by atoms with van der Waals surface area (Å²) < 4.78 is 0. The molecule has 0 bridgehead atoms. The van der Waals surface area contributed by atoms with Crippen molar-refractivity contribution in [3.8, 4) is 0 Å². The minimum atomic E-state index is -0.462. The van der Waals surface area contributed by atoms with Gasteiger partial charge in [-0.3, -0.25) is 0 Å². The molecule has 2 aromatic rings. The van der Waals surface area contributed by atoms with E-state index in [9.17, 15) is 5.11 Å². The molecule has 0 radical (unpaired) electrons. The smallest absolute Gasteiger partial charge is 0.0782 e. The van der Waals surface area contributed by atoms with Crippen molar-refractivity contribution >= 4 is 11.4 Å². The fraction of sp³-hybridized carbons (Fsp3) is 0.294. The Hall–Kier alpha value is -1.80. The molecule has 19 heavy (non-hydrogen) atoms. The molecule has 2 aromatic carbocycles. The first kappa shape index (κ1) is 13.6. The van der Waals surface area contributed by atoms with Crippen molar-refractivity contribution in [1.82, 2.24) is 0 Å². The highest BCUT2D eigenvalue weighted by molar-refractivity contribution is 5.67. The summed E-state index contributed by atoms with van der Waals surface area (Å²) in [5, 5.41) is 9.91. The zero-order chi connectivity index (χ0) is 13.8. The fourth-order valence-corrected chi connectivity index (χ4v) is 2.30. The van der Waals surface area contributed by atoms with Gasteiger partial charge in [-0.2, -0.15) is 0 Å². The van der Waals surface area contributed by atoms with Gasteiger partial charge in [0.15, 0.2) is 0 Å². The molecule has 0 amide bonds. The second-order valence-corrected chi connectivity index (χ2v) is 4.81. The number of hydrogen-bond acceptors (Lipinski definition) is 2. The van der Waals surface area contributed by atoms with Crippen LogP contribution < -0.4 is 4.90 Å². The number of aliphatic hydroxyl groups excluding tert-OH is 1. The highest BCUT2D eigenvalue weighted by Gasteiger charge is 2.13. The molecule has 0 spiro atoms. The lowest BCUT2D eigenvalue weighted by molar-refractivity contribution is 0.200. The molecule has 0 aliphatic heterocycles. The van der Waals surface area contributed by atoms with Crippen LogP contribution in [0.3, 0.4) is 0 Å². The number of nitrogens with zero attached hydrogens (tertiary/aromatic N) is 1. The van der Waals surface area contributed by atoms with Crippen LogP contribution >= 0.6 is 0 Å². The van der Waals surface area contributed by atoms with Crippen LogP contribution in [0.15, 0.2) is 48.5 Å². The Labute approximate surface area is 115 Å². The first-order valence-electron chi connectivity index (χ1n) is 6.74. The topological polar surface area (TPSA) is 23.5 Å². The number of anilines is 2. The molecule has 0 unspecified atom stereocenters. The third-order valence-electron chi connectivity index (χ3n) is 3.34. The summed E-state index contributed by atoms with van der Waals surface area (Å²) in [6.45, 7) is 6.89. The normalized spacial score (nSPS) is 12.2. The monoisotopic (exact) mass is 255 g/mol. The first-order chi connectivity index (χ1) is 9.13. The quantitative estimate of drug-likeness (QED) is 0.884. The van der Waals surface area contributed by atoms with Gasteiger partial charge in [-0.1, -0.05) is 35.9 Å². The van der Waals surface area contributed by atoms with Gasteiger partial charge in [0, 0.05) is 23.5 Å². The van der Waals surface area contributed by atoms with Crippen molar-refractivity contribution < 1.29 is 5.11 Å². The van der Waals surface area contributed by atoms with E-state index in [1.807, 2.05) is 25.1 Å². The summed E-state index contributed by atoms with van der Waals surface area (Å²) in [5.41, 5.74) is 4.44. The molecule has 0 saturated heterocycles. The number of benzene rings is 2. The number of aliphatic hydroxyl groups is 1. The van der Waals surface area contributed by atoms with Crippen molar-refractivity contribution in [2.75, 3.05) is 11.4 Å². The second-order valence-electron chi connectivity index (χ2n) is 4.81. The van der Waals surface area contributed by atoms with E-state index < -0.39 is 6.10 Å². The Kier molecular flexibility index (Phi) is 4.23. The summed E-state index contributed by atoms with van der Waals surface area (Å²) >= 11 is 0. The van der Waals surface area contributed by atoms with Gasteiger partial charge in [0.05, 0.1) is 6.10 Å². The third-order valence-corrected chi connectivity index (χ3v) is 3.34. The van der Waals surface area contributed by atoms with E-state index in [2.05, 4.69) is 49.1 Å². The molecule has 100 valence electrons. The van der Waals surface area contributed by atoms with Crippen LogP contribution in [0.4, 0.5) is 11.4 Å². The molecule has 1 atom stereocenters. The zero-order valence-electron chi connectivity index (χ0n) is 11.8. The van der Waals surface area contributed by atoms with Crippen molar-refractivity contribution in [3.63, 3.8) is 0 Å². The number of rotatable bonds is 4. The molecule has 1 N–H and O–H groups in total. The van der Waals surface area contributed by atoms with Gasteiger partial charge in [0.1, 0.15) is 0 Å². The van der Waals surface area contributed by atoms with Crippen LogP contribution in [0.5, 0.6) is 0 Å². The van der Waals surface area contributed by atoms with Crippen molar-refractivity contribution in [3.05, 3.63) is 59.7 Å². The van der Waals surface area contributed by atoms with Crippen LogP contribution in [0.25, 0.3) is 0 Å². The van der Waals surface area contributed by atoms with Gasteiger partial charge in [-0.15, -0.1) is 0 Å². The predicted octanol–water partition coefficient (Wildman–Crippen LogP) is 4.21. The predicted molar refractivity (Wildman–Crippen MR) is 80.9 cm³/mol. The Balaban J connectivity index is 2.45. The molecule has 2 heteroatoms. The lowest BCUT2D eigenvalue weighted by Gasteiger charge is -2.27. The summed E-state index contributed by atoms with van der Waals surface area (Å²) in [5.74, 6) is 0. The van der Waals surface area contributed by atoms with Crippen LogP contribution in [0, 0.1) is 6.92 Å². The standard InChI is InChI=1S/C17H21NO/c1-4-18(15-11-9-13(2)10-12-15)17-8-6-5-7-16(17)14(3)19/h5-12,14,19H,4H2,1-3H3/t14-/m0/s1. The third kappa shape index (κ3) is 2.96. The van der Waals surface area contributed by atoms with Crippen LogP contribution in [0.1, 0.15) is 31.1 Å². The van der Waals surface area contributed by atoms with Crippen LogP contribution in [0.2, 0.25) is 0 Å². The lowest BCUT2D eigenvalue weighted by atomic mass is 10.1. The molecule has 0 aliphatic rings. The maximum Gasteiger partial charge on any atom is 0.0782 e. The fourth-order valence-electron chi connectivity index (χ4n) is 2.30. The largest absolute Gasteiger partial charge is 0.389 e. The molecule has 2 rings (SSSR count). The Morgan fingerprint density at radius 2 is 1.68 bits per heavy atom. The van der Waals surface area contributed by atoms with E-state index in [1.165, 1.54) is 5.56 Å². The first-order valence-corrected chi connectivity index (χ1v) is 6.74. The second kappa shape index (κ2) is 5.89. The van der Waals surface area contributed by atoms with E-state index in [0.717, 1.165) is 23.5 Å². The maximum absolute atomic E-state index is 9.91. The summed E-state index contributed by atoms with van der Waals surface area (Å²) in [6, 6.07) is 16.5. The van der Waals surface area contributed by atoms with Crippen LogP contribution in [-0.4, -0.2) is 11.7 Å². The Morgan fingerprint density at radius 3 is 2.26 bits per heavy atom. The van der Waals surface area contributed by atoms with Gasteiger partial charge < -0.3 is 10.0 Å². The highest BCUT2D eigenvalue weighted by Crippen LogP contribution is 2.31. The van der Waals surface area contributed by atoms with Crippen LogP contribution in [-0.2, 0) is 0 Å². The Morgan fingerprint density at radius 1 is 1.05 bits per heavy atom. The van der Waals surface area contributed by atoms with E-state index >= 15 is 0 Å². The molecule has 0 aromatic heterocycles. The van der Waals surface area contributed by atoms with Gasteiger partial charge in [-0.05, 0) is 39.0 Å². The van der Waals surface area contributed by atoms with E-state index in [1.54, 1.807) is 0 Å². The average molecular weight is 255 g/mol. The SMILES string of the molecule is CCN(c1ccc(C)cc1)c1ccccc1[C@H](C)O. The molecule has 0 saturated carbocycles. The summed E-state index contributed by atoms with van der Waals surface area (Å²) in [6.07, 6.45) is -0.462. The molecule has 0 fully saturated rings. The lowest BCUT2D eigenvalue weighted by Crippen LogP contribution is -2.18. The molecule has 0 aliphatic carbocycles. The van der Waals surface area contributed by atoms with E-state index in [-0.39, 0.29) is 0 Å². The number of para-hydroxylation sites is 1. The maximum atomic E-state index is 9.91. The molecule has 2 nitrogen and oxygen atoms in total. The van der Waals surface area contributed by atoms with Crippen molar-refractivity contribution in [2.45, 2.75) is 26.9 Å². The number of aryl methyl sites for hydroxylation is 1. The average Bonchev–Trinajstić information content (AvgIpc) is 2.42. The summed E-state index contributed by atoms with van der Waals surface area (Å²) in [4.78, 5) is 2.22. The number of hydrogen-bond donors (Lipinski definition) is 1. The van der Waals surface area contributed by atoms with Gasteiger partial charge >= 0.3 is 0 Å². The highest BCUT2D eigenvalue weighted by atomic mass is 16.3. The minimum Gasteiger partial charge on any atom is -0.389 e. The molecule has 0 heterocycles. The molecular weight excluding hydrogens is 234 g/mol. The van der Waals surface area contributed by atoms with Crippen molar-refractivity contribution in [2.24, 2.45) is 0 Å². The molecular formula is C17H21NO. The zero-order valence-corrected chi connectivity index (χ0v) is 11.8. The van der Waals surface area contributed by atoms with Gasteiger partial charge in [-0.25, -0.2) is 0 Å². The van der Waals surface area contributed by atoms with Gasteiger partial charge in [0.2, 0.25) is 0 Å². The van der Waals surface area contributed by atoms with E-state index in [4.69, 9.17) is 0 Å². The van der Waals surface area contributed by atoms with Crippen molar-refractivity contribution in [1.29, 1.82) is 0 Å². The Bertz CT molecular complexity index is 531. The minimum absolute atomic E-state index is 0.462.